The lowest BCUT2D eigenvalue weighted by molar-refractivity contribution is -0.158. The number of hydrogen-bond acceptors (Lipinski definition) is 3. The van der Waals surface area contributed by atoms with E-state index in [2.05, 4.69) is 10.6 Å². The molecule has 102 valence electrons. The molecule has 2 aliphatic rings. The van der Waals surface area contributed by atoms with Gasteiger partial charge in [-0.05, 0) is 6.42 Å². The molecule has 0 saturated carbocycles. The molecule has 2 N–H and O–H groups in total. The van der Waals surface area contributed by atoms with Crippen molar-refractivity contribution in [1.29, 1.82) is 0 Å². The fourth-order valence-corrected chi connectivity index (χ4v) is 2.01. The average Bonchev–Trinajstić information content (AvgIpc) is 2.44. The minimum Gasteiger partial charge on any atom is -0.344 e. The molecule has 0 spiro atoms. The minimum absolute atomic E-state index is 0.0339. The molecular formula is C10H14F3N3O2. The number of halogens is 3. The van der Waals surface area contributed by atoms with Gasteiger partial charge >= 0.3 is 6.18 Å². The van der Waals surface area contributed by atoms with Crippen molar-refractivity contribution in [2.45, 2.75) is 18.6 Å². The number of nitrogens with zero attached hydrogens (tertiary/aromatic N) is 1. The Hall–Kier alpha value is -1.31. The summed E-state index contributed by atoms with van der Waals surface area (Å²) in [6.07, 6.45) is -4.16. The molecule has 2 saturated heterocycles. The van der Waals surface area contributed by atoms with Crippen LogP contribution in [0.1, 0.15) is 6.42 Å². The van der Waals surface area contributed by atoms with E-state index in [1.165, 1.54) is 0 Å². The van der Waals surface area contributed by atoms with Crippen LogP contribution in [0, 0.1) is 5.92 Å². The lowest BCUT2D eigenvalue weighted by atomic mass is 10.0. The van der Waals surface area contributed by atoms with E-state index in [1.54, 1.807) is 0 Å². The smallest absolute Gasteiger partial charge is 0.344 e. The van der Waals surface area contributed by atoms with Gasteiger partial charge in [-0.25, -0.2) is 0 Å². The largest absolute Gasteiger partial charge is 0.406 e. The molecule has 0 aromatic heterocycles. The highest BCUT2D eigenvalue weighted by Gasteiger charge is 2.40. The number of nitrogens with one attached hydrogen (secondary N) is 2. The number of carbonyl (C=O) groups is 2. The van der Waals surface area contributed by atoms with Crippen molar-refractivity contribution in [1.82, 2.24) is 15.5 Å². The van der Waals surface area contributed by atoms with E-state index in [-0.39, 0.29) is 24.8 Å². The van der Waals surface area contributed by atoms with Crippen LogP contribution in [0.25, 0.3) is 0 Å². The van der Waals surface area contributed by atoms with Crippen LogP contribution in [0.2, 0.25) is 0 Å². The van der Waals surface area contributed by atoms with Gasteiger partial charge in [0.1, 0.15) is 12.6 Å². The van der Waals surface area contributed by atoms with E-state index in [0.717, 1.165) is 4.90 Å². The van der Waals surface area contributed by atoms with Crippen molar-refractivity contribution in [2.24, 2.45) is 5.92 Å². The number of carbonyl (C=O) groups excluding carboxylic acids is 2. The molecule has 0 aromatic rings. The van der Waals surface area contributed by atoms with Gasteiger partial charge < -0.3 is 15.5 Å². The van der Waals surface area contributed by atoms with Crippen LogP contribution in [0.4, 0.5) is 13.2 Å². The minimum atomic E-state index is -4.40. The molecule has 0 aromatic carbocycles. The van der Waals surface area contributed by atoms with Crippen molar-refractivity contribution in [3.63, 3.8) is 0 Å². The fourth-order valence-electron chi connectivity index (χ4n) is 2.01. The molecular weight excluding hydrogens is 251 g/mol. The first-order valence-electron chi connectivity index (χ1n) is 5.73. The molecule has 2 amide bonds. The molecule has 2 fully saturated rings. The van der Waals surface area contributed by atoms with Gasteiger partial charge in [-0.2, -0.15) is 13.2 Å². The molecule has 8 heteroatoms. The summed E-state index contributed by atoms with van der Waals surface area (Å²) in [4.78, 5) is 24.0. The Labute approximate surface area is 102 Å². The maximum absolute atomic E-state index is 12.2. The molecule has 2 aliphatic heterocycles. The quantitative estimate of drug-likeness (QED) is 0.722. The zero-order valence-electron chi connectivity index (χ0n) is 9.59. The summed E-state index contributed by atoms with van der Waals surface area (Å²) in [5, 5.41) is 5.42. The fraction of sp³-hybridized carbons (Fsp3) is 0.800. The van der Waals surface area contributed by atoms with Gasteiger partial charge in [0.25, 0.3) is 0 Å². The molecule has 18 heavy (non-hydrogen) atoms. The van der Waals surface area contributed by atoms with Crippen LogP contribution in [0.3, 0.4) is 0 Å². The summed E-state index contributed by atoms with van der Waals surface area (Å²) in [6, 6.07) is -0.805. The van der Waals surface area contributed by atoms with Crippen LogP contribution in [0.15, 0.2) is 0 Å². The summed E-state index contributed by atoms with van der Waals surface area (Å²) in [5.41, 5.74) is 0. The van der Waals surface area contributed by atoms with Crippen LogP contribution in [0.5, 0.6) is 0 Å². The Morgan fingerprint density at radius 1 is 1.44 bits per heavy atom. The number of alkyl halides is 3. The predicted molar refractivity (Wildman–Crippen MR) is 55.5 cm³/mol. The summed E-state index contributed by atoms with van der Waals surface area (Å²) in [7, 11) is 0. The normalized spacial score (nSPS) is 25.2. The van der Waals surface area contributed by atoms with Crippen molar-refractivity contribution in [3.8, 4) is 0 Å². The predicted octanol–water partition coefficient (Wildman–Crippen LogP) is -0.515. The third-order valence-electron chi connectivity index (χ3n) is 3.14. The van der Waals surface area contributed by atoms with Crippen molar-refractivity contribution < 1.29 is 22.8 Å². The van der Waals surface area contributed by atoms with Gasteiger partial charge in [0.05, 0.1) is 5.92 Å². The van der Waals surface area contributed by atoms with Gasteiger partial charge in [0.2, 0.25) is 11.8 Å². The summed E-state index contributed by atoms with van der Waals surface area (Å²) < 4.78 is 36.5. The standard InChI is InChI=1S/C10H14F3N3O2/c11-10(12,13)5-16-2-1-7(9(16)18)15-8(17)6-3-14-4-6/h6-7,14H,1-5H2,(H,15,17). The first kappa shape index (κ1) is 13.1. The second-order valence-electron chi connectivity index (χ2n) is 4.58. The molecule has 2 rings (SSSR count). The highest BCUT2D eigenvalue weighted by Crippen LogP contribution is 2.21. The van der Waals surface area contributed by atoms with Gasteiger partial charge in [-0.1, -0.05) is 0 Å². The third kappa shape index (κ3) is 2.92. The van der Waals surface area contributed by atoms with Crippen molar-refractivity contribution in [2.75, 3.05) is 26.2 Å². The second-order valence-corrected chi connectivity index (χ2v) is 4.58. The first-order chi connectivity index (χ1) is 8.37. The van der Waals surface area contributed by atoms with Crippen molar-refractivity contribution >= 4 is 11.8 Å². The third-order valence-corrected chi connectivity index (χ3v) is 3.14. The average molecular weight is 265 g/mol. The van der Waals surface area contributed by atoms with E-state index in [4.69, 9.17) is 0 Å². The van der Waals surface area contributed by atoms with Crippen molar-refractivity contribution in [3.05, 3.63) is 0 Å². The molecule has 5 nitrogen and oxygen atoms in total. The lowest BCUT2D eigenvalue weighted by Gasteiger charge is -2.27. The molecule has 1 unspecified atom stereocenters. The molecule has 2 heterocycles. The van der Waals surface area contributed by atoms with E-state index >= 15 is 0 Å². The Morgan fingerprint density at radius 3 is 2.61 bits per heavy atom. The summed E-state index contributed by atoms with van der Waals surface area (Å²) in [6.45, 7) is -0.104. The Bertz CT molecular complexity index is 355. The maximum Gasteiger partial charge on any atom is 0.406 e. The zero-order valence-corrected chi connectivity index (χ0v) is 9.59. The second kappa shape index (κ2) is 4.75. The van der Waals surface area contributed by atoms with Gasteiger partial charge in [0, 0.05) is 19.6 Å². The highest BCUT2D eigenvalue weighted by molar-refractivity contribution is 5.90. The van der Waals surface area contributed by atoms with Crippen LogP contribution in [-0.4, -0.2) is 55.1 Å². The monoisotopic (exact) mass is 265 g/mol. The van der Waals surface area contributed by atoms with E-state index in [9.17, 15) is 22.8 Å². The van der Waals surface area contributed by atoms with E-state index in [1.807, 2.05) is 0 Å². The van der Waals surface area contributed by atoms with E-state index < -0.39 is 24.7 Å². The van der Waals surface area contributed by atoms with Crippen LogP contribution < -0.4 is 10.6 Å². The number of amides is 2. The molecule has 0 aliphatic carbocycles. The molecule has 1 atom stereocenters. The van der Waals surface area contributed by atoms with E-state index in [0.29, 0.717) is 13.1 Å². The SMILES string of the molecule is O=C(NC1CCN(CC(F)(F)F)C1=O)C1CNC1. The highest BCUT2D eigenvalue weighted by atomic mass is 19.4. The Balaban J connectivity index is 1.85. The first-order valence-corrected chi connectivity index (χ1v) is 5.73. The van der Waals surface area contributed by atoms with Crippen LogP contribution in [-0.2, 0) is 9.59 Å². The maximum atomic E-state index is 12.2. The summed E-state index contributed by atoms with van der Waals surface area (Å²) >= 11 is 0. The van der Waals surface area contributed by atoms with Gasteiger partial charge in [-0.3, -0.25) is 9.59 Å². The topological polar surface area (TPSA) is 61.4 Å². The Kier molecular flexibility index (Phi) is 3.47. The molecule has 0 radical (unpaired) electrons. The van der Waals surface area contributed by atoms with Crippen LogP contribution >= 0.6 is 0 Å². The number of hydrogen-bond donors (Lipinski definition) is 2. The number of rotatable bonds is 3. The zero-order chi connectivity index (χ0) is 13.3. The van der Waals surface area contributed by atoms with Gasteiger partial charge in [0.15, 0.2) is 0 Å². The summed E-state index contributed by atoms with van der Waals surface area (Å²) in [5.74, 6) is -1.08. The number of likely N-dealkylation sites (tertiary alicyclic amines) is 1. The Morgan fingerprint density at radius 2 is 2.11 bits per heavy atom. The molecule has 0 bridgehead atoms. The van der Waals surface area contributed by atoms with Gasteiger partial charge in [-0.15, -0.1) is 0 Å². The lowest BCUT2D eigenvalue weighted by Crippen LogP contribution is -2.54.